The van der Waals surface area contributed by atoms with E-state index in [4.69, 9.17) is 23.2 Å². The number of aromatic nitrogens is 4. The monoisotopic (exact) mass is 379 g/mol. The number of carbonyl (C=O) groups excluding carboxylic acids is 1. The van der Waals surface area contributed by atoms with Crippen molar-refractivity contribution in [3.05, 3.63) is 52.6 Å². The zero-order valence-electron chi connectivity index (χ0n) is 12.2. The Labute approximate surface area is 152 Å². The molecule has 0 saturated carbocycles. The number of nitrogens with zero attached hydrogens (tertiary/aromatic N) is 3. The highest BCUT2D eigenvalue weighted by atomic mass is 35.5. The van der Waals surface area contributed by atoms with E-state index in [0.29, 0.717) is 32.4 Å². The first-order valence-electron chi connectivity index (χ1n) is 6.83. The average molecular weight is 380 g/mol. The van der Waals surface area contributed by atoms with Crippen LogP contribution in [0.3, 0.4) is 0 Å². The van der Waals surface area contributed by atoms with Crippen molar-refractivity contribution < 1.29 is 4.79 Å². The van der Waals surface area contributed by atoms with Gasteiger partial charge in [-0.15, -0.1) is 5.10 Å². The summed E-state index contributed by atoms with van der Waals surface area (Å²) in [6, 6.07) is 10.4. The number of H-pyrrole nitrogens is 1. The number of hydrogen-bond acceptors (Lipinski definition) is 5. The second-order valence-electron chi connectivity index (χ2n) is 4.64. The fraction of sp³-hybridized carbons (Fsp3) is 0.0667. The molecule has 0 saturated heterocycles. The van der Waals surface area contributed by atoms with Gasteiger partial charge in [-0.05, 0) is 30.3 Å². The predicted octanol–water partition coefficient (Wildman–Crippen LogP) is 3.90. The molecule has 0 fully saturated rings. The van der Waals surface area contributed by atoms with Crippen molar-refractivity contribution in [3.8, 4) is 11.5 Å². The van der Waals surface area contributed by atoms with Gasteiger partial charge in [-0.3, -0.25) is 14.9 Å². The van der Waals surface area contributed by atoms with Crippen LogP contribution in [0.4, 0.5) is 5.69 Å². The third kappa shape index (κ3) is 4.25. The summed E-state index contributed by atoms with van der Waals surface area (Å²) in [6.45, 7) is 0. The molecule has 0 unspecified atom stereocenters. The number of aromatic amines is 1. The van der Waals surface area contributed by atoms with Gasteiger partial charge in [0.05, 0.1) is 16.5 Å². The van der Waals surface area contributed by atoms with Crippen LogP contribution in [-0.2, 0) is 4.79 Å². The van der Waals surface area contributed by atoms with E-state index >= 15 is 0 Å². The number of thioether (sulfide) groups is 1. The highest BCUT2D eigenvalue weighted by Gasteiger charge is 2.11. The van der Waals surface area contributed by atoms with Gasteiger partial charge in [0.1, 0.15) is 5.69 Å². The quantitative estimate of drug-likeness (QED) is 0.656. The summed E-state index contributed by atoms with van der Waals surface area (Å²) >= 11 is 13.1. The van der Waals surface area contributed by atoms with Crippen LogP contribution in [0.5, 0.6) is 0 Å². The molecular formula is C15H11Cl2N5OS. The third-order valence-electron chi connectivity index (χ3n) is 2.91. The number of hydrogen-bond donors (Lipinski definition) is 2. The van der Waals surface area contributed by atoms with Crippen LogP contribution in [0.25, 0.3) is 11.5 Å². The molecule has 0 aliphatic carbocycles. The lowest BCUT2D eigenvalue weighted by atomic mass is 10.3. The fourth-order valence-electron chi connectivity index (χ4n) is 1.84. The lowest BCUT2D eigenvalue weighted by Gasteiger charge is -2.06. The Morgan fingerprint density at radius 1 is 1.25 bits per heavy atom. The molecule has 6 nitrogen and oxygen atoms in total. The lowest BCUT2D eigenvalue weighted by Crippen LogP contribution is -2.14. The van der Waals surface area contributed by atoms with Crippen LogP contribution >= 0.6 is 35.0 Å². The smallest absolute Gasteiger partial charge is 0.234 e. The molecule has 0 atom stereocenters. The van der Waals surface area contributed by atoms with Crippen LogP contribution in [0.15, 0.2) is 47.8 Å². The van der Waals surface area contributed by atoms with Crippen LogP contribution in [0.1, 0.15) is 0 Å². The van der Waals surface area contributed by atoms with Gasteiger partial charge in [0.15, 0.2) is 5.82 Å². The molecule has 0 spiro atoms. The Balaban J connectivity index is 1.58. The molecule has 0 aliphatic rings. The maximum absolute atomic E-state index is 12.0. The Morgan fingerprint density at radius 2 is 2.12 bits per heavy atom. The summed E-state index contributed by atoms with van der Waals surface area (Å²) in [5.74, 6) is 0.492. The third-order valence-corrected chi connectivity index (χ3v) is 4.31. The van der Waals surface area contributed by atoms with Gasteiger partial charge in [-0.25, -0.2) is 0 Å². The number of benzene rings is 1. The fourth-order valence-corrected chi connectivity index (χ4v) is 2.89. The molecular weight excluding hydrogens is 369 g/mol. The van der Waals surface area contributed by atoms with E-state index in [-0.39, 0.29) is 11.7 Å². The molecule has 2 aromatic heterocycles. The van der Waals surface area contributed by atoms with Crippen molar-refractivity contribution in [3.63, 3.8) is 0 Å². The summed E-state index contributed by atoms with van der Waals surface area (Å²) < 4.78 is 0. The van der Waals surface area contributed by atoms with E-state index in [0.717, 1.165) is 0 Å². The topological polar surface area (TPSA) is 83.6 Å². The first-order chi connectivity index (χ1) is 11.6. The zero-order valence-corrected chi connectivity index (χ0v) is 14.5. The second kappa shape index (κ2) is 7.65. The predicted molar refractivity (Wildman–Crippen MR) is 95.4 cm³/mol. The van der Waals surface area contributed by atoms with Gasteiger partial charge in [0.2, 0.25) is 11.1 Å². The molecule has 24 heavy (non-hydrogen) atoms. The first kappa shape index (κ1) is 16.8. The average Bonchev–Trinajstić information content (AvgIpc) is 3.05. The minimum absolute atomic E-state index is 0.151. The van der Waals surface area contributed by atoms with Gasteiger partial charge in [-0.1, -0.05) is 41.0 Å². The molecule has 0 aliphatic heterocycles. The number of nitrogens with one attached hydrogen (secondary N) is 2. The second-order valence-corrected chi connectivity index (χ2v) is 6.43. The van der Waals surface area contributed by atoms with Crippen molar-refractivity contribution in [2.75, 3.05) is 11.1 Å². The van der Waals surface area contributed by atoms with E-state index in [1.54, 1.807) is 24.4 Å². The number of halogens is 2. The van der Waals surface area contributed by atoms with Crippen LogP contribution in [-0.4, -0.2) is 31.8 Å². The highest BCUT2D eigenvalue weighted by molar-refractivity contribution is 7.99. The number of pyridine rings is 1. The van der Waals surface area contributed by atoms with Crippen LogP contribution in [0, 0.1) is 0 Å². The molecule has 1 amide bonds. The number of carbonyl (C=O) groups is 1. The van der Waals surface area contributed by atoms with E-state index in [9.17, 15) is 4.79 Å². The van der Waals surface area contributed by atoms with Crippen molar-refractivity contribution >= 4 is 46.6 Å². The Morgan fingerprint density at radius 3 is 2.88 bits per heavy atom. The van der Waals surface area contributed by atoms with Crippen LogP contribution in [0.2, 0.25) is 10.0 Å². The lowest BCUT2D eigenvalue weighted by molar-refractivity contribution is -0.113. The molecule has 2 N–H and O–H groups in total. The summed E-state index contributed by atoms with van der Waals surface area (Å²) in [5.41, 5.74) is 1.20. The Hall–Kier alpha value is -2.09. The summed E-state index contributed by atoms with van der Waals surface area (Å²) in [5, 5.41) is 10.9. The molecule has 2 heterocycles. The Bertz CT molecular complexity index is 856. The Kier molecular flexibility index (Phi) is 5.34. The molecule has 9 heteroatoms. The normalized spacial score (nSPS) is 10.6. The first-order valence-corrected chi connectivity index (χ1v) is 8.57. The molecule has 3 aromatic rings. The molecule has 122 valence electrons. The summed E-state index contributed by atoms with van der Waals surface area (Å²) in [6.07, 6.45) is 1.67. The minimum atomic E-state index is -0.214. The minimum Gasteiger partial charge on any atom is -0.324 e. The summed E-state index contributed by atoms with van der Waals surface area (Å²) in [7, 11) is 0. The van der Waals surface area contributed by atoms with Crippen molar-refractivity contribution in [1.29, 1.82) is 0 Å². The van der Waals surface area contributed by atoms with Gasteiger partial charge in [0.25, 0.3) is 0 Å². The van der Waals surface area contributed by atoms with Gasteiger partial charge in [-0.2, -0.15) is 4.98 Å². The van der Waals surface area contributed by atoms with Crippen LogP contribution < -0.4 is 5.32 Å². The maximum atomic E-state index is 12.0. The van der Waals surface area contributed by atoms with Crippen molar-refractivity contribution in [2.45, 2.75) is 5.16 Å². The van der Waals surface area contributed by atoms with E-state index < -0.39 is 0 Å². The van der Waals surface area contributed by atoms with Crippen molar-refractivity contribution in [2.24, 2.45) is 0 Å². The molecule has 3 rings (SSSR count). The molecule has 1 aromatic carbocycles. The van der Waals surface area contributed by atoms with Gasteiger partial charge >= 0.3 is 0 Å². The number of amides is 1. The standard InChI is InChI=1S/C15H11Cl2N5OS/c16-9-4-5-11(10(17)7-9)19-13(23)8-24-15-20-14(21-22-15)12-3-1-2-6-18-12/h1-7H,8H2,(H,19,23)(H,20,21,22). The molecule has 0 radical (unpaired) electrons. The SMILES string of the molecule is O=C(CSc1n[nH]c(-c2ccccn2)n1)Nc1ccc(Cl)cc1Cl. The largest absolute Gasteiger partial charge is 0.324 e. The van der Waals surface area contributed by atoms with Gasteiger partial charge < -0.3 is 5.32 Å². The summed E-state index contributed by atoms with van der Waals surface area (Å²) in [4.78, 5) is 20.5. The van der Waals surface area contributed by atoms with E-state index in [1.807, 2.05) is 18.2 Å². The number of anilines is 1. The molecule has 0 bridgehead atoms. The number of rotatable bonds is 5. The van der Waals surface area contributed by atoms with E-state index in [1.165, 1.54) is 11.8 Å². The maximum Gasteiger partial charge on any atom is 0.234 e. The van der Waals surface area contributed by atoms with Gasteiger partial charge in [0, 0.05) is 11.2 Å². The highest BCUT2D eigenvalue weighted by Crippen LogP contribution is 2.25. The zero-order chi connectivity index (χ0) is 16.9. The van der Waals surface area contributed by atoms with Crippen molar-refractivity contribution in [1.82, 2.24) is 20.2 Å². The van der Waals surface area contributed by atoms with E-state index in [2.05, 4.69) is 25.5 Å².